The fourth-order valence-corrected chi connectivity index (χ4v) is 18.3. The van der Waals surface area contributed by atoms with Crippen LogP contribution < -0.4 is 103 Å². The molecule has 0 aliphatic carbocycles. The van der Waals surface area contributed by atoms with Crippen molar-refractivity contribution in [1.82, 2.24) is 78.2 Å². The second-order valence-corrected chi connectivity index (χ2v) is 31.0. The van der Waals surface area contributed by atoms with E-state index in [2.05, 4.69) is 93.2 Å². The van der Waals surface area contributed by atoms with Gasteiger partial charge in [0.15, 0.2) is 46.0 Å². The summed E-state index contributed by atoms with van der Waals surface area (Å²) in [5, 5.41) is 37.2. The van der Waals surface area contributed by atoms with Crippen LogP contribution in [0.3, 0.4) is 0 Å². The van der Waals surface area contributed by atoms with E-state index in [1.54, 1.807) is 43.5 Å². The van der Waals surface area contributed by atoms with Crippen LogP contribution >= 0.6 is 0 Å². The van der Waals surface area contributed by atoms with Gasteiger partial charge in [0.2, 0.25) is 26.9 Å². The molecule has 0 bridgehead atoms. The maximum absolute atomic E-state index is 7.10. The zero-order valence-electron chi connectivity index (χ0n) is 66.5. The van der Waals surface area contributed by atoms with Crippen molar-refractivity contribution < 1.29 is 122 Å². The van der Waals surface area contributed by atoms with Gasteiger partial charge in [0.05, 0.1) is 22.8 Å². The molecule has 10 aromatic carbocycles. The number of hydrogen-bond donors (Lipinski definition) is 0. The minimum atomic E-state index is -0.457. The molecule has 0 atom stereocenters. The fourth-order valence-electron chi connectivity index (χ4n) is 18.3. The molecule has 0 saturated heterocycles. The van der Waals surface area contributed by atoms with Gasteiger partial charge in [-0.25, -0.2) is 0 Å². The first-order valence-electron chi connectivity index (χ1n) is 39.2. The zero-order chi connectivity index (χ0) is 79.9. The Morgan fingerprint density at radius 1 is 0.234 bits per heavy atom. The molecule has 8 aliphatic rings. The summed E-state index contributed by atoms with van der Waals surface area (Å²) in [6.07, 6.45) is 14.5. The van der Waals surface area contributed by atoms with Crippen LogP contribution in [-0.2, 0) is 84.3 Å². The summed E-state index contributed by atoms with van der Waals surface area (Å²) in [5.74, 6) is 9.31. The molecule has 8 aromatic heterocycles. The van der Waals surface area contributed by atoms with Crippen molar-refractivity contribution in [1.29, 1.82) is 0 Å². The molecular weight excluding hydrogens is 2280 g/mol. The number of aryl methyl sites for hydroxylation is 8. The maximum Gasteiger partial charge on any atom is 2.00 e. The van der Waals surface area contributed by atoms with E-state index in [1.807, 2.05) is 220 Å². The van der Waals surface area contributed by atoms with Crippen molar-refractivity contribution in [3.8, 4) is 137 Å². The number of benzene rings is 10. The summed E-state index contributed by atoms with van der Waals surface area (Å²) in [4.78, 5) is 0. The monoisotopic (exact) mass is 2340 g/mol. The molecule has 0 radical (unpaired) electrons. The van der Waals surface area contributed by atoms with E-state index in [0.29, 0.717) is 92.0 Å². The van der Waals surface area contributed by atoms with Gasteiger partial charge in [0.1, 0.15) is 0 Å². The van der Waals surface area contributed by atoms with Gasteiger partial charge >= 0.3 is 84.3 Å². The number of nitrogens with zero attached hydrogens (tertiary/aromatic N) is 16. The van der Waals surface area contributed by atoms with Gasteiger partial charge in [0, 0.05) is 140 Å². The van der Waals surface area contributed by atoms with Gasteiger partial charge in [-0.15, -0.1) is 141 Å². The van der Waals surface area contributed by atoms with Crippen molar-refractivity contribution >= 4 is 92.4 Å². The van der Waals surface area contributed by atoms with Gasteiger partial charge in [-0.2, -0.15) is 89.3 Å². The summed E-state index contributed by atoms with van der Waals surface area (Å²) in [5.41, 5.74) is 23.3. The maximum atomic E-state index is 7.10. The molecule has 16 heterocycles. The average Bonchev–Trinajstić information content (AvgIpc) is 1.59. The Kier molecular flexibility index (Phi) is 18.7. The predicted molar refractivity (Wildman–Crippen MR) is 449 cm³/mol. The van der Waals surface area contributed by atoms with Crippen LogP contribution in [0.15, 0.2) is 195 Å². The minimum Gasteiger partial charge on any atom is -0.514 e. The molecule has 604 valence electrons. The molecular formula is C92H56B4N16O8Pt4. The van der Waals surface area contributed by atoms with Crippen LogP contribution in [0, 0.1) is 104 Å². The average molecular weight is 2340 g/mol. The summed E-state index contributed by atoms with van der Waals surface area (Å²) in [6.45, 7) is 14.4. The van der Waals surface area contributed by atoms with Crippen molar-refractivity contribution in [2.24, 2.45) is 0 Å². The van der Waals surface area contributed by atoms with Gasteiger partial charge < -0.3 is 37.9 Å². The molecule has 124 heavy (non-hydrogen) atoms. The molecule has 24 nitrogen and oxygen atoms in total. The van der Waals surface area contributed by atoms with Crippen LogP contribution in [0.4, 0.5) is 0 Å². The molecule has 0 N–H and O–H groups in total. The van der Waals surface area contributed by atoms with E-state index >= 15 is 0 Å². The molecule has 18 aromatic rings. The van der Waals surface area contributed by atoms with Crippen molar-refractivity contribution in [2.45, 2.75) is 55.4 Å². The third-order valence-electron chi connectivity index (χ3n) is 23.3. The Morgan fingerprint density at radius 2 is 0.403 bits per heavy atom. The van der Waals surface area contributed by atoms with Gasteiger partial charge in [-0.3, -0.25) is 37.5 Å². The summed E-state index contributed by atoms with van der Waals surface area (Å²) in [6, 6.07) is 76.9. The molecule has 0 amide bonds. The third-order valence-corrected chi connectivity index (χ3v) is 23.3. The first-order chi connectivity index (χ1) is 58.7. The molecule has 32 heteroatoms. The largest absolute Gasteiger partial charge is 2.00 e. The van der Waals surface area contributed by atoms with Crippen molar-refractivity contribution in [2.75, 3.05) is 0 Å². The molecule has 0 unspecified atom stereocenters. The van der Waals surface area contributed by atoms with E-state index in [0.717, 1.165) is 157 Å². The van der Waals surface area contributed by atoms with Crippen molar-refractivity contribution in [3.63, 3.8) is 0 Å². The molecule has 8 aliphatic heterocycles. The Morgan fingerprint density at radius 3 is 0.556 bits per heavy atom. The standard InChI is InChI=1S/C50H36B2N8O4.C42H20B2N8O4.4Pt/c1-25-17-29(5)57(53-25)33-9-13-41-37(21-33)51-38-22-34(58-30(6)18-26(2)54-58)10-14-42(38)62-48-45(51)47(61-41)49-46-50(48)64-44-16-12-36(60-32(8)20-28(4)56-60)24-40(44)52(46)39-23-35(11-15-43(39)63-49)59-31(7)19-27(3)55-59;1-13-45-49(17-1)25-5-9-33-29(21-25)43-30-22-26(50-18-2-14-46-50)6-10-34(30)54-40-37(43)39(53-33)41-38-42(40)56-36-12-8-28(52-20-4-16-48-52)24-32(36)44(38)31-23-27(7-11-35(31)55-41)51-19-3-15-47-51;;;;/h9-20H,1-8H3;1-20H;;;;/q2*-4;4*+2. The number of ether oxygens (including phenoxy) is 8. The van der Waals surface area contributed by atoms with Crippen LogP contribution in [0.25, 0.3) is 45.5 Å². The summed E-state index contributed by atoms with van der Waals surface area (Å²) < 4.78 is 71.0. The quantitative estimate of drug-likeness (QED) is 0.103. The van der Waals surface area contributed by atoms with E-state index in [9.17, 15) is 0 Å². The fraction of sp³-hybridized carbons (Fsp3) is 0.0870. The topological polar surface area (TPSA) is 216 Å². The van der Waals surface area contributed by atoms with Crippen LogP contribution in [0.5, 0.6) is 92.0 Å². The van der Waals surface area contributed by atoms with Gasteiger partial charge in [-0.05, 0) is 149 Å². The molecule has 26 rings (SSSR count). The zero-order valence-corrected chi connectivity index (χ0v) is 75.6. The predicted octanol–water partition coefficient (Wildman–Crippen LogP) is 8.63. The Hall–Kier alpha value is -12.7. The number of hydrogen-bond acceptors (Lipinski definition) is 16. The van der Waals surface area contributed by atoms with Crippen LogP contribution in [0.1, 0.15) is 45.6 Å². The smallest absolute Gasteiger partial charge is 0.514 e. The minimum absolute atomic E-state index is 0. The number of rotatable bonds is 8. The Balaban J connectivity index is 0.000000148. The third kappa shape index (κ3) is 12.0. The SMILES string of the molecule is Cc1cc(C)n(-c2[c-]c3c(cc2)Oc2c4c5c(c6c2B3c2[c-]c(-n3nc(C)cc3C)ccc2O6)Oc2ccc(-n3nc(C)cc3C)[c-]c2B5c2[c-]c(-n3nc(C)cc3C)ccc2O4)n1.[Pt+2].[Pt+2].[Pt+2].[Pt+2].[c-]1c(-n2cccn2)ccc2c1B1c3[c-]c(-n4cccn4)ccc3Oc3c4c5c(c(c31)O2)Oc1ccc(-n2cccn2)[c-]c1B5c1[c-]c(-n2cccn2)ccc1O4. The van der Waals surface area contributed by atoms with Gasteiger partial charge in [0.25, 0.3) is 0 Å². The number of aromatic nitrogens is 16. The van der Waals surface area contributed by atoms with Crippen LogP contribution in [-0.4, -0.2) is 105 Å². The van der Waals surface area contributed by atoms with E-state index in [-0.39, 0.29) is 84.3 Å². The summed E-state index contributed by atoms with van der Waals surface area (Å²) >= 11 is 0. The Labute approximate surface area is 768 Å². The van der Waals surface area contributed by atoms with Gasteiger partial charge in [-0.1, -0.05) is 0 Å². The number of fused-ring (bicyclic) bond motifs is 20. The molecule has 0 spiro atoms. The van der Waals surface area contributed by atoms with E-state index in [1.165, 1.54) is 0 Å². The van der Waals surface area contributed by atoms with Crippen molar-refractivity contribution in [3.05, 3.63) is 289 Å². The Bertz CT molecular complexity index is 6640. The van der Waals surface area contributed by atoms with E-state index < -0.39 is 26.9 Å². The second-order valence-electron chi connectivity index (χ2n) is 31.0. The second kappa shape index (κ2) is 29.5. The molecule has 0 saturated carbocycles. The van der Waals surface area contributed by atoms with Crippen LogP contribution in [0.2, 0.25) is 0 Å². The first kappa shape index (κ1) is 78.5. The normalized spacial score (nSPS) is 13.0. The molecule has 0 fully saturated rings. The summed E-state index contributed by atoms with van der Waals surface area (Å²) in [7, 11) is 0. The van der Waals surface area contributed by atoms with E-state index in [4.69, 9.17) is 58.3 Å². The first-order valence-corrected chi connectivity index (χ1v) is 39.2.